The summed E-state index contributed by atoms with van der Waals surface area (Å²) in [6, 6.07) is 43.3. The molecule has 29 heavy (non-hydrogen) atoms. The Labute approximate surface area is 181 Å². The number of benzene rings is 4. The van der Waals surface area contributed by atoms with E-state index < -0.39 is 5.46 Å². The molecule has 0 unspecified atom stereocenters. The van der Waals surface area contributed by atoms with Gasteiger partial charge >= 0.3 is 182 Å². The van der Waals surface area contributed by atoms with Crippen molar-refractivity contribution in [3.63, 3.8) is 0 Å². The van der Waals surface area contributed by atoms with Crippen LogP contribution < -0.4 is 15.9 Å². The van der Waals surface area contributed by atoms with E-state index in [9.17, 15) is 0 Å². The second kappa shape index (κ2) is 8.24. The van der Waals surface area contributed by atoms with Crippen LogP contribution in [0.1, 0.15) is 5.56 Å². The van der Waals surface area contributed by atoms with Gasteiger partial charge in [0.25, 0.3) is 0 Å². The van der Waals surface area contributed by atoms with Crippen molar-refractivity contribution in [2.75, 3.05) is 7.05 Å². The van der Waals surface area contributed by atoms with Gasteiger partial charge in [0.1, 0.15) is 0 Å². The Balaban J connectivity index is 2.04. The molecule has 0 aliphatic rings. The van der Waals surface area contributed by atoms with Crippen LogP contribution >= 0.6 is 20.9 Å². The van der Waals surface area contributed by atoms with Gasteiger partial charge in [-0.1, -0.05) is 0 Å². The molecule has 3 heteroatoms. The molecule has 0 aliphatic heterocycles. The quantitative estimate of drug-likeness (QED) is 0.324. The Morgan fingerprint density at radius 1 is 0.552 bits per heavy atom. The summed E-state index contributed by atoms with van der Waals surface area (Å²) in [4.78, 5) is 0. The van der Waals surface area contributed by atoms with Gasteiger partial charge in [0.15, 0.2) is 0 Å². The Morgan fingerprint density at radius 2 is 0.862 bits per heavy atom. The van der Waals surface area contributed by atoms with Crippen molar-refractivity contribution in [3.8, 4) is 0 Å². The van der Waals surface area contributed by atoms with E-state index >= 15 is 0 Å². The molecule has 0 fully saturated rings. The first-order chi connectivity index (χ1) is 14.1. The molecule has 0 bridgehead atoms. The summed E-state index contributed by atoms with van der Waals surface area (Å²) in [6.07, 6.45) is 0. The van der Waals surface area contributed by atoms with Gasteiger partial charge in [-0.05, 0) is 0 Å². The molecule has 146 valence electrons. The van der Waals surface area contributed by atoms with Crippen molar-refractivity contribution in [2.24, 2.45) is 0 Å². The third-order valence-corrected chi connectivity index (χ3v) is 16.0. The first-order valence-corrected chi connectivity index (χ1v) is 14.0. The Hall–Kier alpha value is -2.25. The summed E-state index contributed by atoms with van der Waals surface area (Å²) >= 11 is 4.50. The summed E-state index contributed by atoms with van der Waals surface area (Å²) < 4.78 is 2.53. The van der Waals surface area contributed by atoms with Crippen LogP contribution in [0.5, 0.6) is 0 Å². The first-order valence-electron chi connectivity index (χ1n) is 9.80. The minimum absolute atomic E-state index is 0.836. The molecule has 0 N–H and O–H groups in total. The number of hydrogen-bond donors (Lipinski definition) is 0. The summed E-state index contributed by atoms with van der Waals surface area (Å²) in [6.45, 7) is 0.836. The molecule has 1 nitrogen and oxygen atoms in total. The average molecular weight is 462 g/mol. The van der Waals surface area contributed by atoms with E-state index in [0.717, 1.165) is 6.54 Å². The van der Waals surface area contributed by atoms with Crippen molar-refractivity contribution in [1.82, 2.24) is 4.67 Å². The van der Waals surface area contributed by atoms with Crippen molar-refractivity contribution in [1.29, 1.82) is 0 Å². The summed E-state index contributed by atoms with van der Waals surface area (Å²) in [5.41, 5.74) is -1.79. The average Bonchev–Trinajstić information content (AvgIpc) is 2.81. The molecular weight excluding hydrogens is 437 g/mol. The predicted octanol–water partition coefficient (Wildman–Crippen LogP) is 5.87. The zero-order chi connectivity index (χ0) is 20.2. The molecule has 4 aromatic carbocycles. The van der Waals surface area contributed by atoms with Crippen LogP contribution in [0.3, 0.4) is 0 Å². The number of halogens is 1. The van der Waals surface area contributed by atoms with Gasteiger partial charge in [-0.15, -0.1) is 0 Å². The fraction of sp³-hybridized carbons (Fsp3) is 0.0769. The van der Waals surface area contributed by atoms with Crippen molar-refractivity contribution >= 4 is 36.9 Å². The first kappa shape index (κ1) is 20.0. The molecular formula is C26H25BrNP. The molecule has 4 aromatic rings. The van der Waals surface area contributed by atoms with Crippen LogP contribution in [-0.2, 0) is 6.54 Å². The molecule has 4 rings (SSSR count). The van der Waals surface area contributed by atoms with Crippen LogP contribution in [0, 0.1) is 0 Å². The summed E-state index contributed by atoms with van der Waals surface area (Å²) in [5.74, 6) is 0. The summed E-state index contributed by atoms with van der Waals surface area (Å²) in [5, 5.41) is 3.90. The van der Waals surface area contributed by atoms with Crippen molar-refractivity contribution < 1.29 is 0 Å². The molecule has 0 amide bonds. The number of rotatable bonds is 6. The Bertz CT molecular complexity index is 953. The number of hydrogen-bond acceptors (Lipinski definition) is 1. The minimum atomic E-state index is -3.08. The van der Waals surface area contributed by atoms with E-state index in [1.165, 1.54) is 21.5 Å². The van der Waals surface area contributed by atoms with Crippen LogP contribution in [0.15, 0.2) is 121 Å². The van der Waals surface area contributed by atoms with E-state index in [-0.39, 0.29) is 0 Å². The van der Waals surface area contributed by atoms with E-state index in [4.69, 9.17) is 0 Å². The van der Waals surface area contributed by atoms with Crippen molar-refractivity contribution in [3.05, 3.63) is 127 Å². The van der Waals surface area contributed by atoms with Gasteiger partial charge in [-0.2, -0.15) is 0 Å². The second-order valence-corrected chi connectivity index (χ2v) is 15.6. The third-order valence-electron chi connectivity index (χ3n) is 5.58. The molecule has 0 saturated heterocycles. The Morgan fingerprint density at radius 3 is 1.21 bits per heavy atom. The second-order valence-electron chi connectivity index (χ2n) is 7.27. The standard InChI is InChI=1S/C26H25BrNP/c1-28(22-23-14-6-2-7-15-23)29(27,24-16-8-3-9-17-24,25-18-10-4-11-19-25)26-20-12-5-13-21-26/h2-21H,22H2,1H3. The topological polar surface area (TPSA) is 3.24 Å². The Kier molecular flexibility index (Phi) is 5.69. The maximum absolute atomic E-state index is 4.50. The SMILES string of the molecule is CN(Cc1ccccc1)P(Br)(c1ccccc1)(c1ccccc1)c1ccccc1. The van der Waals surface area contributed by atoms with E-state index in [1.807, 2.05) is 0 Å². The zero-order valence-corrected chi connectivity index (χ0v) is 19.0. The normalized spacial score (nSPS) is 13.0. The van der Waals surface area contributed by atoms with Gasteiger partial charge in [0.05, 0.1) is 0 Å². The molecule has 0 spiro atoms. The molecule has 0 aromatic heterocycles. The number of nitrogens with zero attached hydrogens (tertiary/aromatic N) is 1. The van der Waals surface area contributed by atoms with Gasteiger partial charge in [-0.25, -0.2) is 0 Å². The van der Waals surface area contributed by atoms with Crippen LogP contribution in [-0.4, -0.2) is 11.7 Å². The van der Waals surface area contributed by atoms with Crippen LogP contribution in [0.4, 0.5) is 0 Å². The van der Waals surface area contributed by atoms with Gasteiger partial charge in [0, 0.05) is 0 Å². The van der Waals surface area contributed by atoms with E-state index in [2.05, 4.69) is 149 Å². The third kappa shape index (κ3) is 3.36. The van der Waals surface area contributed by atoms with Crippen molar-refractivity contribution in [2.45, 2.75) is 6.54 Å². The van der Waals surface area contributed by atoms with Crippen LogP contribution in [0.2, 0.25) is 0 Å². The van der Waals surface area contributed by atoms with Gasteiger partial charge in [-0.3, -0.25) is 0 Å². The van der Waals surface area contributed by atoms with Gasteiger partial charge in [0.2, 0.25) is 0 Å². The fourth-order valence-corrected chi connectivity index (χ4v) is 11.2. The zero-order valence-electron chi connectivity index (χ0n) is 16.5. The fourth-order valence-electron chi connectivity index (χ4n) is 4.12. The molecule has 0 heterocycles. The molecule has 0 atom stereocenters. The monoisotopic (exact) mass is 461 g/mol. The molecule has 0 radical (unpaired) electrons. The van der Waals surface area contributed by atoms with Crippen LogP contribution in [0.25, 0.3) is 0 Å². The maximum atomic E-state index is 4.50. The van der Waals surface area contributed by atoms with E-state index in [0.29, 0.717) is 0 Å². The van der Waals surface area contributed by atoms with Gasteiger partial charge < -0.3 is 0 Å². The molecule has 0 aliphatic carbocycles. The molecule has 0 saturated carbocycles. The summed E-state index contributed by atoms with van der Waals surface area (Å²) in [7, 11) is 2.24. The predicted molar refractivity (Wildman–Crippen MR) is 132 cm³/mol. The van der Waals surface area contributed by atoms with E-state index in [1.54, 1.807) is 0 Å².